The van der Waals surface area contributed by atoms with Crippen molar-refractivity contribution in [3.05, 3.63) is 36.9 Å². The number of rotatable bonds is 3. The van der Waals surface area contributed by atoms with Crippen LogP contribution in [0.2, 0.25) is 0 Å². The molecule has 1 aromatic carbocycles. The predicted octanol–water partition coefficient (Wildman–Crippen LogP) is 3.23. The minimum absolute atomic E-state index is 0. The maximum Gasteiger partial charge on any atom is 0.244 e. The third kappa shape index (κ3) is 3.48. The molecule has 2 N–H and O–H groups in total. The third-order valence-corrected chi connectivity index (χ3v) is 3.96. The molecule has 1 amide bonds. The van der Waals surface area contributed by atoms with Crippen LogP contribution in [-0.2, 0) is 4.79 Å². The van der Waals surface area contributed by atoms with Gasteiger partial charge in [0, 0.05) is 11.3 Å². The Morgan fingerprint density at radius 2 is 2.27 bits per heavy atom. The first-order chi connectivity index (χ1) is 10.2. The number of aromatic nitrogens is 1. The summed E-state index contributed by atoms with van der Waals surface area (Å²) in [6.07, 6.45) is 6.12. The van der Waals surface area contributed by atoms with Crippen molar-refractivity contribution >= 4 is 24.0 Å². The molecule has 2 aromatic rings. The first kappa shape index (κ1) is 16.5. The van der Waals surface area contributed by atoms with Gasteiger partial charge in [-0.2, -0.15) is 0 Å². The number of nitrogens with one attached hydrogen (secondary N) is 2. The first-order valence-corrected chi connectivity index (χ1v) is 7.23. The van der Waals surface area contributed by atoms with Crippen LogP contribution in [0.5, 0.6) is 0 Å². The smallest absolute Gasteiger partial charge is 0.244 e. The van der Waals surface area contributed by atoms with Crippen molar-refractivity contribution in [2.24, 2.45) is 0 Å². The summed E-state index contributed by atoms with van der Waals surface area (Å²) in [6.45, 7) is 2.85. The van der Waals surface area contributed by atoms with Crippen molar-refractivity contribution in [1.29, 1.82) is 0 Å². The van der Waals surface area contributed by atoms with E-state index in [0.29, 0.717) is 5.76 Å². The molecule has 1 aliphatic rings. The largest absolute Gasteiger partial charge is 0.444 e. The van der Waals surface area contributed by atoms with Crippen molar-refractivity contribution in [1.82, 2.24) is 10.3 Å². The standard InChI is InChI=1S/C16H19N3O2.ClH/c1-16(7-2-3-8-18-16)15(20)19-13-6-4-5-12(9-13)14-10-17-11-21-14;/h4-6,9-11,18H,2-3,7-8H2,1H3,(H,19,20);1H. The first-order valence-electron chi connectivity index (χ1n) is 7.23. The van der Waals surface area contributed by atoms with Gasteiger partial charge < -0.3 is 15.1 Å². The molecule has 0 spiro atoms. The van der Waals surface area contributed by atoms with Crippen LogP contribution < -0.4 is 10.6 Å². The van der Waals surface area contributed by atoms with E-state index in [1.807, 2.05) is 31.2 Å². The van der Waals surface area contributed by atoms with Crippen LogP contribution in [0.4, 0.5) is 5.69 Å². The lowest BCUT2D eigenvalue weighted by molar-refractivity contribution is -0.122. The van der Waals surface area contributed by atoms with Crippen LogP contribution in [0.15, 0.2) is 41.3 Å². The predicted molar refractivity (Wildman–Crippen MR) is 88.1 cm³/mol. The molecule has 5 nitrogen and oxygen atoms in total. The van der Waals surface area contributed by atoms with Crippen molar-refractivity contribution in [2.75, 3.05) is 11.9 Å². The van der Waals surface area contributed by atoms with Gasteiger partial charge in [0.15, 0.2) is 12.2 Å². The molecule has 0 bridgehead atoms. The van der Waals surface area contributed by atoms with E-state index in [2.05, 4.69) is 15.6 Å². The number of anilines is 1. The fraction of sp³-hybridized carbons (Fsp3) is 0.375. The SMILES string of the molecule is CC1(C(=O)Nc2cccc(-c3cnco3)c2)CCCCN1.Cl. The van der Waals surface area contributed by atoms with E-state index in [1.165, 1.54) is 6.39 Å². The van der Waals surface area contributed by atoms with Gasteiger partial charge in [-0.3, -0.25) is 4.79 Å². The maximum absolute atomic E-state index is 12.5. The summed E-state index contributed by atoms with van der Waals surface area (Å²) in [5.41, 5.74) is 1.18. The van der Waals surface area contributed by atoms with Crippen LogP contribution in [0.25, 0.3) is 11.3 Å². The average molecular weight is 322 g/mol. The summed E-state index contributed by atoms with van der Waals surface area (Å²) in [4.78, 5) is 16.4. The molecule has 6 heteroatoms. The average Bonchev–Trinajstić information content (AvgIpc) is 3.02. The van der Waals surface area contributed by atoms with Gasteiger partial charge in [-0.25, -0.2) is 4.98 Å². The van der Waals surface area contributed by atoms with E-state index in [9.17, 15) is 4.79 Å². The Bertz CT molecular complexity index is 622. The second-order valence-electron chi connectivity index (χ2n) is 5.62. The monoisotopic (exact) mass is 321 g/mol. The lowest BCUT2D eigenvalue weighted by Crippen LogP contribution is -2.54. The van der Waals surface area contributed by atoms with Crippen LogP contribution in [-0.4, -0.2) is 23.0 Å². The highest BCUT2D eigenvalue weighted by Gasteiger charge is 2.34. The van der Waals surface area contributed by atoms with E-state index in [-0.39, 0.29) is 18.3 Å². The van der Waals surface area contributed by atoms with Gasteiger partial charge in [0.2, 0.25) is 5.91 Å². The van der Waals surface area contributed by atoms with Gasteiger partial charge in [-0.05, 0) is 44.9 Å². The van der Waals surface area contributed by atoms with E-state index < -0.39 is 5.54 Å². The highest BCUT2D eigenvalue weighted by Crippen LogP contribution is 2.24. The molecule has 118 valence electrons. The number of amides is 1. The van der Waals surface area contributed by atoms with E-state index >= 15 is 0 Å². The van der Waals surface area contributed by atoms with E-state index in [1.54, 1.807) is 6.20 Å². The number of piperidine rings is 1. The Hall–Kier alpha value is -1.85. The Morgan fingerprint density at radius 3 is 2.95 bits per heavy atom. The number of carbonyl (C=O) groups is 1. The number of oxazole rings is 1. The maximum atomic E-state index is 12.5. The van der Waals surface area contributed by atoms with Crippen molar-refractivity contribution in [2.45, 2.75) is 31.7 Å². The topological polar surface area (TPSA) is 67.2 Å². The highest BCUT2D eigenvalue weighted by molar-refractivity contribution is 5.98. The van der Waals surface area contributed by atoms with Gasteiger partial charge >= 0.3 is 0 Å². The summed E-state index contributed by atoms with van der Waals surface area (Å²) in [7, 11) is 0. The van der Waals surface area contributed by atoms with Gasteiger partial charge in [-0.1, -0.05) is 12.1 Å². The van der Waals surface area contributed by atoms with Crippen LogP contribution >= 0.6 is 12.4 Å². The van der Waals surface area contributed by atoms with Crippen molar-refractivity contribution in [3.63, 3.8) is 0 Å². The second kappa shape index (κ2) is 6.94. The molecule has 3 rings (SSSR count). The molecule has 0 saturated carbocycles. The summed E-state index contributed by atoms with van der Waals surface area (Å²) >= 11 is 0. The summed E-state index contributed by atoms with van der Waals surface area (Å²) in [6, 6.07) is 7.59. The normalized spacial score (nSPS) is 21.0. The molecular weight excluding hydrogens is 302 g/mol. The van der Waals surface area contributed by atoms with Gasteiger partial charge in [0.25, 0.3) is 0 Å². The summed E-state index contributed by atoms with van der Waals surface area (Å²) in [5.74, 6) is 0.699. The molecular formula is C16H20ClN3O2. The number of hydrogen-bond acceptors (Lipinski definition) is 4. The summed E-state index contributed by atoms with van der Waals surface area (Å²) in [5, 5.41) is 6.31. The third-order valence-electron chi connectivity index (χ3n) is 3.96. The van der Waals surface area contributed by atoms with Crippen LogP contribution in [0.1, 0.15) is 26.2 Å². The lowest BCUT2D eigenvalue weighted by atomic mass is 9.90. The molecule has 1 atom stereocenters. The molecule has 1 aromatic heterocycles. The fourth-order valence-electron chi connectivity index (χ4n) is 2.63. The minimum Gasteiger partial charge on any atom is -0.444 e. The molecule has 1 unspecified atom stereocenters. The molecule has 1 aliphatic heterocycles. The van der Waals surface area contributed by atoms with Crippen LogP contribution in [0, 0.1) is 0 Å². The number of carbonyl (C=O) groups excluding carboxylic acids is 1. The van der Waals surface area contributed by atoms with Crippen LogP contribution in [0.3, 0.4) is 0 Å². The zero-order valence-corrected chi connectivity index (χ0v) is 13.3. The minimum atomic E-state index is -0.486. The zero-order chi connectivity index (χ0) is 14.7. The van der Waals surface area contributed by atoms with Gasteiger partial charge in [-0.15, -0.1) is 12.4 Å². The fourth-order valence-corrected chi connectivity index (χ4v) is 2.63. The quantitative estimate of drug-likeness (QED) is 0.910. The van der Waals surface area contributed by atoms with Crippen molar-refractivity contribution < 1.29 is 9.21 Å². The Morgan fingerprint density at radius 1 is 1.41 bits per heavy atom. The number of halogens is 1. The van der Waals surface area contributed by atoms with Crippen molar-refractivity contribution in [3.8, 4) is 11.3 Å². The zero-order valence-electron chi connectivity index (χ0n) is 12.5. The van der Waals surface area contributed by atoms with E-state index in [4.69, 9.17) is 4.42 Å². The molecule has 22 heavy (non-hydrogen) atoms. The van der Waals surface area contributed by atoms with Gasteiger partial charge in [0.1, 0.15) is 0 Å². The van der Waals surface area contributed by atoms with E-state index in [0.717, 1.165) is 37.1 Å². The Kier molecular flexibility index (Phi) is 5.21. The number of nitrogens with zero attached hydrogens (tertiary/aromatic N) is 1. The second-order valence-corrected chi connectivity index (χ2v) is 5.62. The van der Waals surface area contributed by atoms with Gasteiger partial charge in [0.05, 0.1) is 11.7 Å². The molecule has 0 radical (unpaired) electrons. The Labute approximate surface area is 135 Å². The lowest BCUT2D eigenvalue weighted by Gasteiger charge is -2.33. The molecule has 1 fully saturated rings. The Balaban J connectivity index is 0.00000176. The summed E-state index contributed by atoms with van der Waals surface area (Å²) < 4.78 is 5.28. The molecule has 2 heterocycles. The number of benzene rings is 1. The molecule has 1 saturated heterocycles. The molecule has 0 aliphatic carbocycles. The highest BCUT2D eigenvalue weighted by atomic mass is 35.5. The number of hydrogen-bond donors (Lipinski definition) is 2.